The molecule has 4 saturated carbocycles. The van der Waals surface area contributed by atoms with Crippen molar-refractivity contribution < 1.29 is 18.7 Å². The van der Waals surface area contributed by atoms with E-state index in [1.54, 1.807) is 0 Å². The second-order valence-corrected chi connectivity index (χ2v) is 9.44. The van der Waals surface area contributed by atoms with Gasteiger partial charge >= 0.3 is 5.97 Å². The maximum atomic E-state index is 12.9. The van der Waals surface area contributed by atoms with E-state index in [0.717, 1.165) is 24.8 Å². The van der Waals surface area contributed by atoms with Gasteiger partial charge in [0.2, 0.25) is 0 Å². The summed E-state index contributed by atoms with van der Waals surface area (Å²) in [4.78, 5) is 29.3. The lowest BCUT2D eigenvalue weighted by atomic mass is 9.48. The minimum absolute atomic E-state index is 0.0842. The molecule has 1 heterocycles. The SMILES string of the molecule is O=C(CSc1nc2ccccc2o1)OCC(=O)C12CC3CC(CC(C3)C1)C2. The van der Waals surface area contributed by atoms with E-state index in [1.165, 1.54) is 31.0 Å². The predicted octanol–water partition coefficient (Wildman–Crippen LogP) is 4.25. The minimum atomic E-state index is -0.389. The second-order valence-electron chi connectivity index (χ2n) is 8.52. The molecular weight excluding hydrogens is 362 g/mol. The molecule has 0 saturated heterocycles. The standard InChI is InChI=1S/C21H23NO4S/c23-18(21-8-13-5-14(9-21)7-15(6-13)10-21)11-25-19(24)12-27-20-22-16-3-1-2-4-17(16)26-20/h1-4,13-15H,5-12H2. The topological polar surface area (TPSA) is 69.4 Å². The Morgan fingerprint density at radius 2 is 1.78 bits per heavy atom. The number of benzene rings is 1. The summed E-state index contributed by atoms with van der Waals surface area (Å²) in [5, 5.41) is 0.445. The van der Waals surface area contributed by atoms with Gasteiger partial charge in [-0.25, -0.2) is 4.98 Å². The van der Waals surface area contributed by atoms with E-state index < -0.39 is 0 Å². The largest absolute Gasteiger partial charge is 0.457 e. The van der Waals surface area contributed by atoms with Crippen LogP contribution in [-0.4, -0.2) is 29.1 Å². The van der Waals surface area contributed by atoms with Crippen LogP contribution in [0.15, 0.2) is 33.9 Å². The number of aromatic nitrogens is 1. The lowest BCUT2D eigenvalue weighted by molar-refractivity contribution is -0.156. The third-order valence-electron chi connectivity index (χ3n) is 6.58. The molecule has 0 spiro atoms. The van der Waals surface area contributed by atoms with Crippen molar-refractivity contribution >= 4 is 34.6 Å². The molecule has 27 heavy (non-hydrogen) atoms. The molecule has 4 bridgehead atoms. The Labute approximate surface area is 162 Å². The fourth-order valence-corrected chi connectivity index (χ4v) is 6.46. The number of thioether (sulfide) groups is 1. The average Bonchev–Trinajstić information content (AvgIpc) is 3.06. The molecular formula is C21H23NO4S. The zero-order valence-corrected chi connectivity index (χ0v) is 16.0. The maximum absolute atomic E-state index is 12.9. The van der Waals surface area contributed by atoms with Gasteiger partial charge in [-0.2, -0.15) is 0 Å². The molecule has 142 valence electrons. The summed E-state index contributed by atoms with van der Waals surface area (Å²) < 4.78 is 10.9. The van der Waals surface area contributed by atoms with Gasteiger partial charge in [0.25, 0.3) is 5.22 Å². The summed E-state index contributed by atoms with van der Waals surface area (Å²) in [6, 6.07) is 7.48. The van der Waals surface area contributed by atoms with Crippen LogP contribution in [0.25, 0.3) is 11.1 Å². The number of fused-ring (bicyclic) bond motifs is 1. The van der Waals surface area contributed by atoms with Crippen LogP contribution in [0.1, 0.15) is 38.5 Å². The number of esters is 1. The van der Waals surface area contributed by atoms with E-state index in [0.29, 0.717) is 28.6 Å². The molecule has 0 atom stereocenters. The molecule has 4 aliphatic rings. The van der Waals surface area contributed by atoms with Crippen LogP contribution in [-0.2, 0) is 14.3 Å². The van der Waals surface area contributed by atoms with E-state index in [1.807, 2.05) is 24.3 Å². The minimum Gasteiger partial charge on any atom is -0.457 e. The Kier molecular flexibility index (Phi) is 4.26. The summed E-state index contributed by atoms with van der Waals surface area (Å²) in [6.45, 7) is -0.0842. The summed E-state index contributed by atoms with van der Waals surface area (Å²) in [6.07, 6.45) is 6.92. The molecule has 1 aromatic carbocycles. The van der Waals surface area contributed by atoms with Crippen molar-refractivity contribution in [1.29, 1.82) is 0 Å². The zero-order valence-electron chi connectivity index (χ0n) is 15.2. The fraction of sp³-hybridized carbons (Fsp3) is 0.571. The number of ether oxygens (including phenoxy) is 1. The number of oxazole rings is 1. The highest BCUT2D eigenvalue weighted by Gasteiger charge is 2.54. The van der Waals surface area contributed by atoms with E-state index >= 15 is 0 Å². The van der Waals surface area contributed by atoms with Crippen molar-refractivity contribution in [3.63, 3.8) is 0 Å². The number of carbonyl (C=O) groups excluding carboxylic acids is 2. The van der Waals surface area contributed by atoms with Crippen molar-refractivity contribution in [2.24, 2.45) is 23.2 Å². The van der Waals surface area contributed by atoms with Crippen molar-refractivity contribution in [2.45, 2.75) is 43.7 Å². The number of nitrogens with zero attached hydrogens (tertiary/aromatic N) is 1. The Bertz CT molecular complexity index is 821. The Balaban J connectivity index is 1.14. The molecule has 4 fully saturated rings. The molecule has 4 aliphatic carbocycles. The van der Waals surface area contributed by atoms with Crippen LogP contribution in [0.2, 0.25) is 0 Å². The van der Waals surface area contributed by atoms with Crippen molar-refractivity contribution in [2.75, 3.05) is 12.4 Å². The molecule has 0 radical (unpaired) electrons. The Hall–Kier alpha value is -1.82. The molecule has 0 N–H and O–H groups in total. The van der Waals surface area contributed by atoms with E-state index in [4.69, 9.17) is 9.15 Å². The van der Waals surface area contributed by atoms with Crippen LogP contribution < -0.4 is 0 Å². The van der Waals surface area contributed by atoms with Crippen molar-refractivity contribution in [3.8, 4) is 0 Å². The van der Waals surface area contributed by atoms with Gasteiger partial charge in [0.05, 0.1) is 0 Å². The van der Waals surface area contributed by atoms with Gasteiger partial charge in [-0.3, -0.25) is 9.59 Å². The van der Waals surface area contributed by atoms with E-state index in [2.05, 4.69) is 4.98 Å². The number of hydrogen-bond acceptors (Lipinski definition) is 6. The lowest BCUT2D eigenvalue weighted by Crippen LogP contribution is -2.51. The molecule has 2 aromatic rings. The molecule has 5 nitrogen and oxygen atoms in total. The fourth-order valence-electron chi connectivity index (χ4n) is 5.83. The van der Waals surface area contributed by atoms with Gasteiger partial charge in [-0.1, -0.05) is 23.9 Å². The normalized spacial score (nSPS) is 31.3. The first-order valence-electron chi connectivity index (χ1n) is 9.77. The van der Waals surface area contributed by atoms with Gasteiger partial charge in [0.1, 0.15) is 11.3 Å². The van der Waals surface area contributed by atoms with Crippen LogP contribution in [0.3, 0.4) is 0 Å². The van der Waals surface area contributed by atoms with Crippen LogP contribution >= 0.6 is 11.8 Å². The number of carbonyl (C=O) groups is 2. The average molecular weight is 385 g/mol. The Morgan fingerprint density at radius 1 is 1.11 bits per heavy atom. The van der Waals surface area contributed by atoms with E-state index in [9.17, 15) is 9.59 Å². The van der Waals surface area contributed by atoms with Crippen LogP contribution in [0.4, 0.5) is 0 Å². The summed E-state index contributed by atoms with van der Waals surface area (Å²) in [5.74, 6) is 1.99. The highest BCUT2D eigenvalue weighted by atomic mass is 32.2. The third kappa shape index (κ3) is 3.28. The summed E-state index contributed by atoms with van der Waals surface area (Å²) in [7, 11) is 0. The first-order valence-corrected chi connectivity index (χ1v) is 10.8. The van der Waals surface area contributed by atoms with Crippen LogP contribution in [0.5, 0.6) is 0 Å². The van der Waals surface area contributed by atoms with Gasteiger partial charge in [-0.05, 0) is 68.4 Å². The smallest absolute Gasteiger partial charge is 0.316 e. The van der Waals surface area contributed by atoms with Gasteiger partial charge < -0.3 is 9.15 Å². The predicted molar refractivity (Wildman–Crippen MR) is 101 cm³/mol. The summed E-state index contributed by atoms with van der Waals surface area (Å²) in [5.41, 5.74) is 1.26. The lowest BCUT2D eigenvalue weighted by Gasteiger charge is -2.55. The van der Waals surface area contributed by atoms with Crippen LogP contribution in [0, 0.1) is 23.2 Å². The maximum Gasteiger partial charge on any atom is 0.316 e. The van der Waals surface area contributed by atoms with E-state index in [-0.39, 0.29) is 29.5 Å². The van der Waals surface area contributed by atoms with Gasteiger partial charge in [0, 0.05) is 5.41 Å². The number of ketones is 1. The third-order valence-corrected chi connectivity index (χ3v) is 7.38. The van der Waals surface area contributed by atoms with Crippen molar-refractivity contribution in [1.82, 2.24) is 4.98 Å². The molecule has 0 unspecified atom stereocenters. The molecule has 0 aliphatic heterocycles. The van der Waals surface area contributed by atoms with Gasteiger partial charge in [0.15, 0.2) is 18.0 Å². The van der Waals surface area contributed by atoms with Crippen molar-refractivity contribution in [3.05, 3.63) is 24.3 Å². The molecule has 6 heteroatoms. The Morgan fingerprint density at radius 3 is 2.44 bits per heavy atom. The monoisotopic (exact) mass is 385 g/mol. The molecule has 1 aromatic heterocycles. The number of para-hydroxylation sites is 2. The quantitative estimate of drug-likeness (QED) is 0.547. The molecule has 0 amide bonds. The second kappa shape index (κ2) is 6.66. The number of Topliss-reactive ketones (excluding diaryl/α,β-unsaturated/α-hetero) is 1. The summed E-state index contributed by atoms with van der Waals surface area (Å²) >= 11 is 1.20. The zero-order chi connectivity index (χ0) is 18.4. The number of rotatable bonds is 6. The highest BCUT2D eigenvalue weighted by Crippen LogP contribution is 2.60. The molecule has 6 rings (SSSR count). The van der Waals surface area contributed by atoms with Gasteiger partial charge in [-0.15, -0.1) is 0 Å². The first-order chi connectivity index (χ1) is 13.1. The highest BCUT2D eigenvalue weighted by molar-refractivity contribution is 7.99. The first kappa shape index (κ1) is 17.3. The number of hydrogen-bond donors (Lipinski definition) is 0.